The molecule has 0 radical (unpaired) electrons. The Morgan fingerprint density at radius 2 is 1.77 bits per heavy atom. The number of nitriles is 1. The van der Waals surface area contributed by atoms with Gasteiger partial charge in [-0.2, -0.15) is 5.26 Å². The van der Waals surface area contributed by atoms with Gasteiger partial charge in [0.15, 0.2) is 5.78 Å². The number of hydrazine groups is 1. The van der Waals surface area contributed by atoms with E-state index in [4.69, 9.17) is 10.5 Å². The van der Waals surface area contributed by atoms with E-state index in [1.54, 1.807) is 7.11 Å². The number of ether oxygens (including phenoxy) is 1. The van der Waals surface area contributed by atoms with E-state index < -0.39 is 5.92 Å². The van der Waals surface area contributed by atoms with Gasteiger partial charge in [0.05, 0.1) is 24.7 Å². The Kier molecular flexibility index (Phi) is 5.53. The van der Waals surface area contributed by atoms with Crippen LogP contribution in [-0.4, -0.2) is 37.0 Å². The van der Waals surface area contributed by atoms with Crippen LogP contribution in [0.2, 0.25) is 0 Å². The van der Waals surface area contributed by atoms with Gasteiger partial charge in [0, 0.05) is 37.3 Å². The average Bonchev–Trinajstić information content (AvgIpc) is 2.78. The third kappa shape index (κ3) is 3.47. The Hall–Kier alpha value is -3.56. The lowest BCUT2D eigenvalue weighted by atomic mass is 9.72. The van der Waals surface area contributed by atoms with Gasteiger partial charge in [0.2, 0.25) is 0 Å². The molecule has 6 heteroatoms. The molecule has 1 aliphatic heterocycles. The number of rotatable bonds is 4. The van der Waals surface area contributed by atoms with Crippen LogP contribution in [0.25, 0.3) is 0 Å². The van der Waals surface area contributed by atoms with E-state index in [-0.39, 0.29) is 11.7 Å². The van der Waals surface area contributed by atoms with E-state index in [2.05, 4.69) is 18.2 Å². The molecule has 2 aromatic rings. The highest BCUT2D eigenvalue weighted by molar-refractivity contribution is 6.00. The maximum Gasteiger partial charge on any atom is 0.162 e. The summed E-state index contributed by atoms with van der Waals surface area (Å²) in [5.74, 6) is 0.541. The summed E-state index contributed by atoms with van der Waals surface area (Å²) in [7, 11) is 5.33. The predicted octanol–water partition coefficient (Wildman–Crippen LogP) is 3.67. The minimum absolute atomic E-state index is 0.0399. The summed E-state index contributed by atoms with van der Waals surface area (Å²) >= 11 is 0. The predicted molar refractivity (Wildman–Crippen MR) is 119 cm³/mol. The molecule has 0 amide bonds. The maximum atomic E-state index is 13.6. The average molecular weight is 415 g/mol. The molecular formula is C25H26N4O2. The number of benzene rings is 2. The normalized spacial score (nSPS) is 21.3. The first-order valence-corrected chi connectivity index (χ1v) is 10.3. The number of nitrogens with two attached hydrogens (primary N) is 1. The number of allylic oxidation sites excluding steroid dienone is 3. The van der Waals surface area contributed by atoms with Gasteiger partial charge in [-0.25, -0.2) is 5.01 Å². The van der Waals surface area contributed by atoms with E-state index in [1.807, 2.05) is 66.6 Å². The first-order chi connectivity index (χ1) is 15.0. The summed E-state index contributed by atoms with van der Waals surface area (Å²) in [5, 5.41) is 13.7. The van der Waals surface area contributed by atoms with Crippen LogP contribution in [0.5, 0.6) is 5.75 Å². The van der Waals surface area contributed by atoms with Gasteiger partial charge >= 0.3 is 0 Å². The second-order valence-electron chi connectivity index (χ2n) is 8.04. The van der Waals surface area contributed by atoms with Crippen molar-refractivity contribution in [3.63, 3.8) is 0 Å². The Labute approximate surface area is 182 Å². The van der Waals surface area contributed by atoms with Gasteiger partial charge in [-0.3, -0.25) is 9.80 Å². The molecule has 4 rings (SSSR count). The fourth-order valence-corrected chi connectivity index (χ4v) is 4.75. The highest BCUT2D eigenvalue weighted by atomic mass is 16.5. The summed E-state index contributed by atoms with van der Waals surface area (Å²) in [5.41, 5.74) is 10.3. The number of methoxy groups -OCH3 is 1. The van der Waals surface area contributed by atoms with Crippen LogP contribution in [0.4, 0.5) is 0 Å². The van der Waals surface area contributed by atoms with Gasteiger partial charge in [-0.1, -0.05) is 48.5 Å². The van der Waals surface area contributed by atoms with Crippen LogP contribution < -0.4 is 10.5 Å². The van der Waals surface area contributed by atoms with Crippen molar-refractivity contribution < 1.29 is 9.53 Å². The molecule has 0 saturated heterocycles. The first-order valence-electron chi connectivity index (χ1n) is 10.3. The molecule has 1 aliphatic carbocycles. The number of carbonyl (C=O) groups excluding carboxylic acids is 1. The molecule has 0 spiro atoms. The smallest absolute Gasteiger partial charge is 0.162 e. The van der Waals surface area contributed by atoms with Crippen LogP contribution in [0.15, 0.2) is 77.3 Å². The molecule has 2 N–H and O–H groups in total. The molecule has 2 aromatic carbocycles. The van der Waals surface area contributed by atoms with Gasteiger partial charge in [0.1, 0.15) is 11.6 Å². The summed E-state index contributed by atoms with van der Waals surface area (Å²) < 4.78 is 5.58. The summed E-state index contributed by atoms with van der Waals surface area (Å²) in [6, 6.07) is 19.9. The zero-order chi connectivity index (χ0) is 22.1. The summed E-state index contributed by atoms with van der Waals surface area (Å²) in [6.07, 6.45) is 1.06. The maximum absolute atomic E-state index is 13.6. The number of hydrogen-bond acceptors (Lipinski definition) is 6. The number of hydrogen-bond donors (Lipinski definition) is 1. The van der Waals surface area contributed by atoms with Crippen molar-refractivity contribution in [2.24, 2.45) is 5.73 Å². The molecule has 2 atom stereocenters. The van der Waals surface area contributed by atoms with Crippen LogP contribution in [0.1, 0.15) is 35.8 Å². The number of ketones is 1. The fourth-order valence-electron chi connectivity index (χ4n) is 4.75. The Morgan fingerprint density at radius 1 is 1.10 bits per heavy atom. The van der Waals surface area contributed by atoms with Crippen LogP contribution in [0, 0.1) is 11.3 Å². The molecule has 6 nitrogen and oxygen atoms in total. The highest BCUT2D eigenvalue weighted by Crippen LogP contribution is 2.49. The zero-order valence-electron chi connectivity index (χ0n) is 18.0. The molecular weight excluding hydrogens is 388 g/mol. The lowest BCUT2D eigenvalue weighted by Crippen LogP contribution is -2.46. The third-order valence-electron chi connectivity index (χ3n) is 6.06. The molecule has 2 aliphatic rings. The molecule has 0 fully saturated rings. The lowest BCUT2D eigenvalue weighted by Gasteiger charge is -2.44. The van der Waals surface area contributed by atoms with Crippen molar-refractivity contribution in [3.05, 3.63) is 88.4 Å². The van der Waals surface area contributed by atoms with Gasteiger partial charge in [0.25, 0.3) is 0 Å². The largest absolute Gasteiger partial charge is 0.496 e. The van der Waals surface area contributed by atoms with E-state index in [0.717, 1.165) is 16.8 Å². The fraction of sp³-hybridized carbons (Fsp3) is 0.280. The Balaban J connectivity index is 1.92. The Bertz CT molecular complexity index is 1110. The van der Waals surface area contributed by atoms with E-state index in [0.29, 0.717) is 35.6 Å². The summed E-state index contributed by atoms with van der Waals surface area (Å²) in [6.45, 7) is 0. The minimum Gasteiger partial charge on any atom is -0.496 e. The van der Waals surface area contributed by atoms with Gasteiger partial charge in [-0.15, -0.1) is 0 Å². The number of carbonyl (C=O) groups is 1. The first kappa shape index (κ1) is 20.7. The zero-order valence-corrected chi connectivity index (χ0v) is 18.0. The second-order valence-corrected chi connectivity index (χ2v) is 8.04. The van der Waals surface area contributed by atoms with Crippen molar-refractivity contribution in [2.75, 3.05) is 21.2 Å². The van der Waals surface area contributed by atoms with E-state index in [1.165, 1.54) is 0 Å². The second kappa shape index (κ2) is 8.29. The molecule has 0 aromatic heterocycles. The molecule has 158 valence electrons. The van der Waals surface area contributed by atoms with E-state index >= 15 is 0 Å². The molecule has 0 saturated carbocycles. The van der Waals surface area contributed by atoms with E-state index in [9.17, 15) is 10.1 Å². The lowest BCUT2D eigenvalue weighted by molar-refractivity contribution is -0.117. The quantitative estimate of drug-likeness (QED) is 0.822. The topological polar surface area (TPSA) is 82.6 Å². The number of para-hydroxylation sites is 1. The SMILES string of the molecule is COc1ccccc1C1C(C#N)=C(N)N(N(C)C)C2=C1C(=O)CC(c1ccccc1)C2. The standard InChI is InChI=1S/C25H26N4O2/c1-28(2)29-20-13-17(16-9-5-4-6-10-16)14-21(30)24(20)23(19(15-26)25(29)27)18-11-7-8-12-22(18)31-3/h4-12,17,23H,13-14,27H2,1-3H3. The van der Waals surface area contributed by atoms with Crippen LogP contribution in [-0.2, 0) is 4.79 Å². The molecule has 1 heterocycles. The minimum atomic E-state index is -0.545. The Morgan fingerprint density at radius 3 is 2.42 bits per heavy atom. The number of Topliss-reactive ketones (excluding diaryl/α,β-unsaturated/α-hetero) is 1. The van der Waals surface area contributed by atoms with Crippen LogP contribution in [0.3, 0.4) is 0 Å². The highest BCUT2D eigenvalue weighted by Gasteiger charge is 2.43. The molecule has 0 bridgehead atoms. The summed E-state index contributed by atoms with van der Waals surface area (Å²) in [4.78, 5) is 13.6. The number of nitrogens with zero attached hydrogens (tertiary/aromatic N) is 3. The van der Waals surface area contributed by atoms with Gasteiger partial charge in [-0.05, 0) is 24.0 Å². The van der Waals surface area contributed by atoms with Gasteiger partial charge < -0.3 is 10.5 Å². The molecule has 2 unspecified atom stereocenters. The third-order valence-corrected chi connectivity index (χ3v) is 6.06. The van der Waals surface area contributed by atoms with Crippen molar-refractivity contribution in [3.8, 4) is 11.8 Å². The monoisotopic (exact) mass is 414 g/mol. The van der Waals surface area contributed by atoms with Crippen molar-refractivity contribution in [2.45, 2.75) is 24.7 Å². The van der Waals surface area contributed by atoms with Crippen molar-refractivity contribution in [1.82, 2.24) is 10.0 Å². The van der Waals surface area contributed by atoms with Crippen LogP contribution >= 0.6 is 0 Å². The molecule has 31 heavy (non-hydrogen) atoms. The van der Waals surface area contributed by atoms with Crippen molar-refractivity contribution >= 4 is 5.78 Å². The van der Waals surface area contributed by atoms with Crippen molar-refractivity contribution in [1.29, 1.82) is 5.26 Å².